The molecule has 2 aromatic carbocycles. The first-order valence-corrected chi connectivity index (χ1v) is 4.90. The third kappa shape index (κ3) is 2.87. The molecule has 0 fully saturated rings. The van der Waals surface area contributed by atoms with Gasteiger partial charge in [-0.15, -0.1) is 0 Å². The van der Waals surface area contributed by atoms with Gasteiger partial charge in [-0.3, -0.25) is 0 Å². The number of hydrogen-bond acceptors (Lipinski definition) is 1. The fraction of sp³-hybridized carbons (Fsp3) is 0. The first kappa shape index (κ1) is 12.3. The molecule has 0 aliphatic rings. The third-order valence-electron chi connectivity index (χ3n) is 2.10. The predicted octanol–water partition coefficient (Wildman–Crippen LogP) is 2.81. The number of para-hydroxylation sites is 1. The summed E-state index contributed by atoms with van der Waals surface area (Å²) in [7, 11) is 0. The van der Waals surface area contributed by atoms with Crippen LogP contribution < -0.4 is 3.79 Å². The molecule has 0 bridgehead atoms. The quantitative estimate of drug-likeness (QED) is 0.750. The molecule has 0 N–H and O–H groups in total. The molecule has 0 saturated heterocycles. The van der Waals surface area contributed by atoms with Crippen LogP contribution in [-0.2, 0) is 16.8 Å². The zero-order chi connectivity index (χ0) is 9.80. The van der Waals surface area contributed by atoms with Crippen LogP contribution in [0.1, 0.15) is 0 Å². The predicted molar refractivity (Wildman–Crippen MR) is 58.3 cm³/mol. The van der Waals surface area contributed by atoms with E-state index in [0.717, 1.165) is 11.3 Å². The van der Waals surface area contributed by atoms with E-state index in [9.17, 15) is 0 Å². The molecule has 0 spiro atoms. The van der Waals surface area contributed by atoms with Gasteiger partial charge in [0.15, 0.2) is 0 Å². The van der Waals surface area contributed by atoms with E-state index in [1.807, 2.05) is 36.4 Å². The van der Waals surface area contributed by atoms with E-state index in [0.29, 0.717) is 0 Å². The Kier molecular flexibility index (Phi) is 4.93. The van der Waals surface area contributed by atoms with Gasteiger partial charge in [0.2, 0.25) is 0 Å². The minimum atomic E-state index is 0. The van der Waals surface area contributed by atoms with Gasteiger partial charge in [-0.1, -0.05) is 48.5 Å². The second-order valence-corrected chi connectivity index (χ2v) is 3.22. The van der Waals surface area contributed by atoms with Crippen molar-refractivity contribution in [2.75, 3.05) is 0 Å². The van der Waals surface area contributed by atoms with Crippen molar-refractivity contribution in [1.29, 1.82) is 0 Å². The summed E-state index contributed by atoms with van der Waals surface area (Å²) in [6.07, 6.45) is 0. The SMILES string of the molecule is [Al][O]c1ccccc1-c1ccccc1.[Co]. The molecule has 1 nitrogen and oxygen atoms in total. The van der Waals surface area contributed by atoms with Crippen molar-refractivity contribution in [3.05, 3.63) is 54.6 Å². The average molecular weight is 255 g/mol. The summed E-state index contributed by atoms with van der Waals surface area (Å²) in [5, 5.41) is 0. The second kappa shape index (κ2) is 5.99. The van der Waals surface area contributed by atoms with E-state index >= 15 is 0 Å². The smallest absolute Gasteiger partial charge is 0.482 e. The van der Waals surface area contributed by atoms with Crippen LogP contribution in [0.4, 0.5) is 0 Å². The maximum Gasteiger partial charge on any atom is 0.482 e. The van der Waals surface area contributed by atoms with Gasteiger partial charge < -0.3 is 3.79 Å². The Morgan fingerprint density at radius 3 is 2.07 bits per heavy atom. The molecule has 0 unspecified atom stereocenters. The van der Waals surface area contributed by atoms with E-state index in [1.165, 1.54) is 5.56 Å². The van der Waals surface area contributed by atoms with Crippen LogP contribution in [0.5, 0.6) is 5.75 Å². The normalized spacial score (nSPS) is 9.07. The van der Waals surface area contributed by atoms with Crippen molar-refractivity contribution in [2.45, 2.75) is 0 Å². The molecule has 0 heterocycles. The van der Waals surface area contributed by atoms with Gasteiger partial charge in [-0.2, -0.15) is 0 Å². The fourth-order valence-corrected chi connectivity index (χ4v) is 1.63. The van der Waals surface area contributed by atoms with E-state index in [-0.39, 0.29) is 16.8 Å². The monoisotopic (exact) mass is 255 g/mol. The van der Waals surface area contributed by atoms with Gasteiger partial charge >= 0.3 is 16.6 Å². The zero-order valence-corrected chi connectivity index (χ0v) is 10.2. The molecule has 15 heavy (non-hydrogen) atoms. The Hall–Kier alpha value is -0.721. The first-order valence-electron chi connectivity index (χ1n) is 4.43. The van der Waals surface area contributed by atoms with E-state index in [2.05, 4.69) is 34.8 Å². The molecular weight excluding hydrogens is 246 g/mol. The Morgan fingerprint density at radius 1 is 0.800 bits per heavy atom. The van der Waals surface area contributed by atoms with Gasteiger partial charge in [-0.25, -0.2) is 0 Å². The van der Waals surface area contributed by atoms with Gasteiger partial charge in [0.1, 0.15) is 0 Å². The maximum atomic E-state index is 5.22. The Balaban J connectivity index is 0.00000112. The summed E-state index contributed by atoms with van der Waals surface area (Å²) in [6, 6.07) is 18.2. The van der Waals surface area contributed by atoms with E-state index < -0.39 is 0 Å². The molecular formula is C12H9AlCoO. The molecule has 0 saturated carbocycles. The van der Waals surface area contributed by atoms with Crippen LogP contribution in [0.25, 0.3) is 11.1 Å². The first-order chi connectivity index (χ1) is 6.92. The Bertz CT molecular complexity index is 417. The molecule has 0 amide bonds. The van der Waals surface area contributed by atoms with Gasteiger partial charge in [-0.05, 0) is 11.6 Å². The zero-order valence-electron chi connectivity index (χ0n) is 8.02. The minimum Gasteiger partial charge on any atom is -0.653 e. The second-order valence-electron chi connectivity index (χ2n) is 2.98. The van der Waals surface area contributed by atoms with Gasteiger partial charge in [0, 0.05) is 22.3 Å². The third-order valence-corrected chi connectivity index (χ3v) is 2.35. The minimum absolute atomic E-state index is 0. The Labute approximate surface area is 108 Å². The van der Waals surface area contributed by atoms with Crippen molar-refractivity contribution >= 4 is 16.6 Å². The molecule has 3 heteroatoms. The molecule has 75 valence electrons. The van der Waals surface area contributed by atoms with Crippen LogP contribution in [0, 0.1) is 0 Å². The largest absolute Gasteiger partial charge is 0.653 e. The number of hydrogen-bond donors (Lipinski definition) is 0. The molecule has 3 radical (unpaired) electrons. The van der Waals surface area contributed by atoms with Crippen LogP contribution in [0.2, 0.25) is 0 Å². The fourth-order valence-electron chi connectivity index (χ4n) is 1.43. The standard InChI is InChI=1S/C12H10O.Al.Co/c13-12-9-5-4-8-11(12)10-6-2-1-3-7-10;;/h1-9,13H;;/q;+1;/p-1. The van der Waals surface area contributed by atoms with Crippen LogP contribution >= 0.6 is 0 Å². The van der Waals surface area contributed by atoms with Crippen LogP contribution in [0.3, 0.4) is 0 Å². The molecule has 0 aliphatic carbocycles. The summed E-state index contributed by atoms with van der Waals surface area (Å²) in [6.45, 7) is 0. The molecule has 2 aromatic rings. The summed E-state index contributed by atoms with van der Waals surface area (Å²) in [5.74, 6) is 0.878. The van der Waals surface area contributed by atoms with Crippen molar-refractivity contribution in [2.24, 2.45) is 0 Å². The average Bonchev–Trinajstić information content (AvgIpc) is 2.30. The van der Waals surface area contributed by atoms with E-state index in [1.54, 1.807) is 0 Å². The van der Waals surface area contributed by atoms with Crippen molar-refractivity contribution < 1.29 is 20.6 Å². The van der Waals surface area contributed by atoms with E-state index in [4.69, 9.17) is 3.79 Å². The van der Waals surface area contributed by atoms with Crippen molar-refractivity contribution in [3.8, 4) is 16.9 Å². The van der Waals surface area contributed by atoms with Gasteiger partial charge in [0.25, 0.3) is 0 Å². The number of rotatable bonds is 2. The Morgan fingerprint density at radius 2 is 1.40 bits per heavy atom. The molecule has 0 aliphatic heterocycles. The molecule has 2 rings (SSSR count). The summed E-state index contributed by atoms with van der Waals surface area (Å²) in [5.41, 5.74) is 2.29. The molecule has 0 atom stereocenters. The molecule has 0 aromatic heterocycles. The summed E-state index contributed by atoms with van der Waals surface area (Å²) in [4.78, 5) is 0. The maximum absolute atomic E-state index is 5.22. The van der Waals surface area contributed by atoms with Crippen molar-refractivity contribution in [3.63, 3.8) is 0 Å². The number of benzene rings is 2. The van der Waals surface area contributed by atoms with Crippen molar-refractivity contribution in [1.82, 2.24) is 0 Å². The van der Waals surface area contributed by atoms with Gasteiger partial charge in [0.05, 0.1) is 5.75 Å². The topological polar surface area (TPSA) is 9.23 Å². The summed E-state index contributed by atoms with van der Waals surface area (Å²) >= 11 is 2.28. The summed E-state index contributed by atoms with van der Waals surface area (Å²) < 4.78 is 5.22. The van der Waals surface area contributed by atoms with Crippen LogP contribution in [0.15, 0.2) is 54.6 Å². The van der Waals surface area contributed by atoms with Crippen LogP contribution in [-0.4, -0.2) is 16.6 Å².